The van der Waals surface area contributed by atoms with E-state index in [0.717, 1.165) is 11.3 Å². The average molecular weight is 191 g/mol. The lowest BCUT2D eigenvalue weighted by Crippen LogP contribution is -2.09. The van der Waals surface area contributed by atoms with E-state index in [-0.39, 0.29) is 5.78 Å². The van der Waals surface area contributed by atoms with Crippen LogP contribution in [0.1, 0.15) is 26.3 Å². The molecule has 0 spiro atoms. The summed E-state index contributed by atoms with van der Waals surface area (Å²) in [5.41, 5.74) is 2.15. The van der Waals surface area contributed by atoms with Gasteiger partial charge in [-0.1, -0.05) is 12.1 Å². The first-order valence-corrected chi connectivity index (χ1v) is 4.93. The Kier molecular flexibility index (Phi) is 3.69. The van der Waals surface area contributed by atoms with Crippen molar-refractivity contribution in [1.82, 2.24) is 0 Å². The Hall–Kier alpha value is -1.31. The summed E-state index contributed by atoms with van der Waals surface area (Å²) >= 11 is 0. The van der Waals surface area contributed by atoms with Crippen LogP contribution in [0, 0.1) is 0 Å². The van der Waals surface area contributed by atoms with Gasteiger partial charge in [-0.2, -0.15) is 0 Å². The second kappa shape index (κ2) is 4.80. The van der Waals surface area contributed by atoms with Crippen molar-refractivity contribution < 1.29 is 4.79 Å². The molecule has 76 valence electrons. The molecule has 1 aromatic rings. The molecule has 0 aliphatic heterocycles. The first-order chi connectivity index (χ1) is 6.58. The van der Waals surface area contributed by atoms with E-state index in [1.54, 1.807) is 6.92 Å². The van der Waals surface area contributed by atoms with Crippen molar-refractivity contribution in [2.24, 2.45) is 0 Å². The molecule has 0 fully saturated rings. The number of rotatable bonds is 4. The van der Waals surface area contributed by atoms with E-state index in [1.165, 1.54) is 0 Å². The van der Waals surface area contributed by atoms with Gasteiger partial charge in [0.25, 0.3) is 0 Å². The Balaban J connectivity index is 2.73. The number of hydrogen-bond donors (Lipinski definition) is 1. The molecule has 1 aromatic carbocycles. The largest absolute Gasteiger partial charge is 0.383 e. The number of carbonyl (C=O) groups is 1. The summed E-state index contributed by atoms with van der Waals surface area (Å²) < 4.78 is 0. The van der Waals surface area contributed by atoms with Crippen molar-refractivity contribution in [1.29, 1.82) is 0 Å². The van der Waals surface area contributed by atoms with Gasteiger partial charge in [-0.05, 0) is 38.5 Å². The van der Waals surface area contributed by atoms with Crippen LogP contribution in [0.2, 0.25) is 0 Å². The first-order valence-electron chi connectivity index (χ1n) is 4.93. The molecule has 2 nitrogen and oxygen atoms in total. The summed E-state index contributed by atoms with van der Waals surface area (Å²) in [4.78, 5) is 10.9. The zero-order chi connectivity index (χ0) is 10.6. The standard InChI is InChI=1S/C12H17NO/c1-9(2)13-12-6-4-5-11(8-12)7-10(3)14/h4-6,8-9,13H,7H2,1-3H3. The van der Waals surface area contributed by atoms with E-state index in [9.17, 15) is 4.79 Å². The van der Waals surface area contributed by atoms with E-state index >= 15 is 0 Å². The topological polar surface area (TPSA) is 29.1 Å². The number of carbonyl (C=O) groups excluding carboxylic acids is 1. The molecule has 0 bridgehead atoms. The molecule has 0 aromatic heterocycles. The summed E-state index contributed by atoms with van der Waals surface area (Å²) in [5, 5.41) is 3.31. The van der Waals surface area contributed by atoms with E-state index in [2.05, 4.69) is 19.2 Å². The lowest BCUT2D eigenvalue weighted by molar-refractivity contribution is -0.116. The van der Waals surface area contributed by atoms with Crippen LogP contribution in [0.4, 0.5) is 5.69 Å². The molecule has 0 radical (unpaired) electrons. The highest BCUT2D eigenvalue weighted by atomic mass is 16.1. The van der Waals surface area contributed by atoms with Gasteiger partial charge in [0.15, 0.2) is 0 Å². The van der Waals surface area contributed by atoms with Crippen LogP contribution >= 0.6 is 0 Å². The molecular weight excluding hydrogens is 174 g/mol. The van der Waals surface area contributed by atoms with Crippen LogP contribution in [0.5, 0.6) is 0 Å². The van der Waals surface area contributed by atoms with Crippen molar-refractivity contribution in [3.05, 3.63) is 29.8 Å². The van der Waals surface area contributed by atoms with Gasteiger partial charge in [-0.25, -0.2) is 0 Å². The number of anilines is 1. The SMILES string of the molecule is CC(=O)Cc1cccc(NC(C)C)c1. The van der Waals surface area contributed by atoms with Crippen LogP contribution in [-0.4, -0.2) is 11.8 Å². The molecule has 0 saturated heterocycles. The van der Waals surface area contributed by atoms with Crippen LogP contribution in [0.15, 0.2) is 24.3 Å². The molecule has 0 heterocycles. The van der Waals surface area contributed by atoms with Crippen molar-refractivity contribution in [2.45, 2.75) is 33.2 Å². The lowest BCUT2D eigenvalue weighted by atomic mass is 10.1. The van der Waals surface area contributed by atoms with Crippen LogP contribution < -0.4 is 5.32 Å². The third-order valence-corrected chi connectivity index (χ3v) is 1.84. The molecule has 0 aliphatic rings. The van der Waals surface area contributed by atoms with E-state index in [0.29, 0.717) is 12.5 Å². The summed E-state index contributed by atoms with van der Waals surface area (Å²) in [6.07, 6.45) is 0.521. The fraction of sp³-hybridized carbons (Fsp3) is 0.417. The summed E-state index contributed by atoms with van der Waals surface area (Å²) in [6.45, 7) is 5.80. The van der Waals surface area contributed by atoms with Gasteiger partial charge in [-0.15, -0.1) is 0 Å². The quantitative estimate of drug-likeness (QED) is 0.792. The van der Waals surface area contributed by atoms with Gasteiger partial charge >= 0.3 is 0 Å². The second-order valence-electron chi connectivity index (χ2n) is 3.88. The van der Waals surface area contributed by atoms with Crippen molar-refractivity contribution in [3.8, 4) is 0 Å². The minimum absolute atomic E-state index is 0.201. The molecule has 0 atom stereocenters. The minimum atomic E-state index is 0.201. The van der Waals surface area contributed by atoms with E-state index in [4.69, 9.17) is 0 Å². The van der Waals surface area contributed by atoms with Crippen molar-refractivity contribution >= 4 is 11.5 Å². The average Bonchev–Trinajstić information content (AvgIpc) is 2.01. The number of Topliss-reactive ketones (excluding diaryl/α,β-unsaturated/α-hetero) is 1. The third kappa shape index (κ3) is 3.60. The van der Waals surface area contributed by atoms with Crippen molar-refractivity contribution in [3.63, 3.8) is 0 Å². The Morgan fingerprint density at radius 1 is 1.43 bits per heavy atom. The summed E-state index contributed by atoms with van der Waals surface area (Å²) in [7, 11) is 0. The highest BCUT2D eigenvalue weighted by Crippen LogP contribution is 2.12. The van der Waals surface area contributed by atoms with E-state index < -0.39 is 0 Å². The number of benzene rings is 1. The highest BCUT2D eigenvalue weighted by Gasteiger charge is 1.99. The molecule has 0 unspecified atom stereocenters. The van der Waals surface area contributed by atoms with Crippen LogP contribution in [0.3, 0.4) is 0 Å². The van der Waals surface area contributed by atoms with Gasteiger partial charge in [0.1, 0.15) is 5.78 Å². The normalized spacial score (nSPS) is 10.3. The van der Waals surface area contributed by atoms with Crippen LogP contribution in [-0.2, 0) is 11.2 Å². The third-order valence-electron chi connectivity index (χ3n) is 1.84. The summed E-state index contributed by atoms with van der Waals surface area (Å²) in [6, 6.07) is 8.42. The maximum absolute atomic E-state index is 10.9. The molecule has 14 heavy (non-hydrogen) atoms. The van der Waals surface area contributed by atoms with Gasteiger partial charge in [0.2, 0.25) is 0 Å². The van der Waals surface area contributed by atoms with Crippen molar-refractivity contribution in [2.75, 3.05) is 5.32 Å². The maximum atomic E-state index is 10.9. The number of ketones is 1. The van der Waals surface area contributed by atoms with Gasteiger partial charge in [-0.3, -0.25) is 4.79 Å². The zero-order valence-electron chi connectivity index (χ0n) is 9.00. The maximum Gasteiger partial charge on any atom is 0.134 e. The monoisotopic (exact) mass is 191 g/mol. The molecular formula is C12H17NO. The minimum Gasteiger partial charge on any atom is -0.383 e. The van der Waals surface area contributed by atoms with Gasteiger partial charge in [0, 0.05) is 18.2 Å². The molecule has 1 rings (SSSR count). The second-order valence-corrected chi connectivity index (χ2v) is 3.88. The van der Waals surface area contributed by atoms with E-state index in [1.807, 2.05) is 24.3 Å². The highest BCUT2D eigenvalue weighted by molar-refractivity contribution is 5.78. The Bertz CT molecular complexity index is 318. The smallest absolute Gasteiger partial charge is 0.134 e. The zero-order valence-corrected chi connectivity index (χ0v) is 9.00. The Labute approximate surface area is 85.3 Å². The fourth-order valence-corrected chi connectivity index (χ4v) is 1.39. The Morgan fingerprint density at radius 3 is 2.71 bits per heavy atom. The molecule has 0 amide bonds. The molecule has 2 heteroatoms. The van der Waals surface area contributed by atoms with Gasteiger partial charge in [0.05, 0.1) is 0 Å². The number of nitrogens with one attached hydrogen (secondary N) is 1. The molecule has 0 aliphatic carbocycles. The van der Waals surface area contributed by atoms with Gasteiger partial charge < -0.3 is 5.32 Å². The van der Waals surface area contributed by atoms with Crippen LogP contribution in [0.25, 0.3) is 0 Å². The lowest BCUT2D eigenvalue weighted by Gasteiger charge is -2.10. The predicted molar refractivity (Wildman–Crippen MR) is 59.6 cm³/mol. The first kappa shape index (κ1) is 10.8. The Morgan fingerprint density at radius 2 is 2.14 bits per heavy atom. The predicted octanol–water partition coefficient (Wildman–Crippen LogP) is 2.64. The fourth-order valence-electron chi connectivity index (χ4n) is 1.39. The molecule has 1 N–H and O–H groups in total. The number of hydrogen-bond acceptors (Lipinski definition) is 2. The molecule has 0 saturated carbocycles. The summed E-state index contributed by atoms with van der Waals surface area (Å²) in [5.74, 6) is 0.201.